The quantitative estimate of drug-likeness (QED) is 0.728. The van der Waals surface area contributed by atoms with Crippen molar-refractivity contribution >= 4 is 0 Å². The number of rotatable bonds is 1. The van der Waals surface area contributed by atoms with Crippen LogP contribution in [-0.4, -0.2) is 10.1 Å². The van der Waals surface area contributed by atoms with E-state index in [1.165, 1.54) is 0 Å². The highest BCUT2D eigenvalue weighted by Gasteiger charge is 1.89. The smallest absolute Gasteiger partial charge is 0.0681 e. The summed E-state index contributed by atoms with van der Waals surface area (Å²) in [6.07, 6.45) is 3.44. The second-order valence-electron chi connectivity index (χ2n) is 3.34. The van der Waals surface area contributed by atoms with Crippen LogP contribution in [0.2, 0.25) is 0 Å². The molecule has 0 aliphatic rings. The van der Waals surface area contributed by atoms with Crippen molar-refractivity contribution in [3.05, 3.63) is 65.5 Å². The van der Waals surface area contributed by atoms with Gasteiger partial charge in [0.15, 0.2) is 0 Å². The Hall–Kier alpha value is -2.11. The highest BCUT2D eigenvalue weighted by Crippen LogP contribution is 2.03. The van der Waals surface area contributed by atoms with Crippen LogP contribution in [0.3, 0.4) is 0 Å². The average molecular weight is 209 g/mol. The molecule has 0 amide bonds. The summed E-state index contributed by atoms with van der Waals surface area (Å²) < 4.78 is 0. The fraction of sp³-hybridized carbons (Fsp3) is 0.0714. The highest BCUT2D eigenvalue weighted by atomic mass is 16.3. The molecular weight excluding hydrogens is 198 g/mol. The van der Waals surface area contributed by atoms with E-state index in [1.54, 1.807) is 12.4 Å². The second kappa shape index (κ2) is 5.11. The van der Waals surface area contributed by atoms with Crippen LogP contribution in [0, 0.1) is 11.8 Å². The van der Waals surface area contributed by atoms with E-state index in [-0.39, 0.29) is 6.61 Å². The van der Waals surface area contributed by atoms with E-state index in [0.717, 1.165) is 16.7 Å². The van der Waals surface area contributed by atoms with Gasteiger partial charge in [-0.15, -0.1) is 0 Å². The van der Waals surface area contributed by atoms with Crippen molar-refractivity contribution in [3.63, 3.8) is 0 Å². The Labute approximate surface area is 94.6 Å². The van der Waals surface area contributed by atoms with Gasteiger partial charge in [0.05, 0.1) is 6.61 Å². The molecule has 1 heterocycles. The number of hydrogen-bond acceptors (Lipinski definition) is 2. The summed E-state index contributed by atoms with van der Waals surface area (Å²) in [5, 5.41) is 8.89. The van der Waals surface area contributed by atoms with Gasteiger partial charge in [-0.2, -0.15) is 0 Å². The van der Waals surface area contributed by atoms with Crippen LogP contribution in [0.25, 0.3) is 0 Å². The number of benzene rings is 1. The van der Waals surface area contributed by atoms with Crippen molar-refractivity contribution in [2.75, 3.05) is 0 Å². The number of pyridine rings is 1. The molecule has 0 spiro atoms. The van der Waals surface area contributed by atoms with Crippen molar-refractivity contribution in [1.82, 2.24) is 4.98 Å². The molecular formula is C14H11NO. The molecule has 0 radical (unpaired) electrons. The molecule has 2 rings (SSSR count). The highest BCUT2D eigenvalue weighted by molar-refractivity contribution is 5.42. The molecule has 0 saturated heterocycles. The molecule has 0 aliphatic carbocycles. The third-order valence-corrected chi connectivity index (χ3v) is 2.17. The van der Waals surface area contributed by atoms with Gasteiger partial charge in [-0.25, -0.2) is 0 Å². The van der Waals surface area contributed by atoms with Crippen LogP contribution in [0.15, 0.2) is 48.8 Å². The third-order valence-electron chi connectivity index (χ3n) is 2.17. The van der Waals surface area contributed by atoms with E-state index in [4.69, 9.17) is 5.11 Å². The molecule has 2 heteroatoms. The summed E-state index contributed by atoms with van der Waals surface area (Å²) in [6, 6.07) is 11.3. The molecule has 0 unspecified atom stereocenters. The molecule has 2 nitrogen and oxygen atoms in total. The minimum atomic E-state index is 0.0675. The molecule has 78 valence electrons. The average Bonchev–Trinajstić information content (AvgIpc) is 2.38. The first-order chi connectivity index (χ1) is 7.88. The summed E-state index contributed by atoms with van der Waals surface area (Å²) in [5.74, 6) is 6.10. The van der Waals surface area contributed by atoms with Crippen LogP contribution >= 0.6 is 0 Å². The molecule has 16 heavy (non-hydrogen) atoms. The number of hydrogen-bond donors (Lipinski definition) is 1. The van der Waals surface area contributed by atoms with E-state index in [2.05, 4.69) is 16.8 Å². The van der Waals surface area contributed by atoms with Gasteiger partial charge >= 0.3 is 0 Å². The number of nitrogens with zero attached hydrogens (tertiary/aromatic N) is 1. The maximum absolute atomic E-state index is 8.89. The predicted octanol–water partition coefficient (Wildman–Crippen LogP) is 1.97. The minimum absolute atomic E-state index is 0.0675. The first-order valence-electron chi connectivity index (χ1n) is 5.00. The van der Waals surface area contributed by atoms with Crippen molar-refractivity contribution in [3.8, 4) is 11.8 Å². The molecule has 0 fully saturated rings. The number of aromatic nitrogens is 1. The Morgan fingerprint density at radius 2 is 1.44 bits per heavy atom. The lowest BCUT2D eigenvalue weighted by atomic mass is 10.1. The minimum Gasteiger partial charge on any atom is -0.392 e. The van der Waals surface area contributed by atoms with Crippen molar-refractivity contribution < 1.29 is 5.11 Å². The molecule has 1 aromatic carbocycles. The van der Waals surface area contributed by atoms with Gasteiger partial charge < -0.3 is 5.11 Å². The SMILES string of the molecule is OCc1ccc(C#Cc2ccncc2)cc1. The fourth-order valence-corrected chi connectivity index (χ4v) is 1.27. The molecule has 0 saturated carbocycles. The molecule has 1 aromatic heterocycles. The van der Waals surface area contributed by atoms with Crippen molar-refractivity contribution in [1.29, 1.82) is 0 Å². The molecule has 2 aromatic rings. The van der Waals surface area contributed by atoms with Gasteiger partial charge in [-0.05, 0) is 29.8 Å². The lowest BCUT2D eigenvalue weighted by Crippen LogP contribution is -1.82. The summed E-state index contributed by atoms with van der Waals surface area (Å²) in [6.45, 7) is 0.0675. The van der Waals surface area contributed by atoms with Crippen LogP contribution in [0.4, 0.5) is 0 Å². The van der Waals surface area contributed by atoms with Crippen LogP contribution < -0.4 is 0 Å². The van der Waals surface area contributed by atoms with Gasteiger partial charge in [-0.1, -0.05) is 24.0 Å². The fourth-order valence-electron chi connectivity index (χ4n) is 1.27. The largest absolute Gasteiger partial charge is 0.392 e. The van der Waals surface area contributed by atoms with E-state index >= 15 is 0 Å². The zero-order valence-corrected chi connectivity index (χ0v) is 8.72. The van der Waals surface area contributed by atoms with Crippen molar-refractivity contribution in [2.24, 2.45) is 0 Å². The Morgan fingerprint density at radius 1 is 0.875 bits per heavy atom. The molecule has 0 aliphatic heterocycles. The topological polar surface area (TPSA) is 33.1 Å². The molecule has 0 bridgehead atoms. The van der Waals surface area contributed by atoms with Gasteiger partial charge in [0, 0.05) is 23.5 Å². The maximum atomic E-state index is 8.89. The number of aliphatic hydroxyl groups excluding tert-OH is 1. The predicted molar refractivity (Wildman–Crippen MR) is 62.6 cm³/mol. The summed E-state index contributed by atoms with van der Waals surface area (Å²) >= 11 is 0. The Kier molecular flexibility index (Phi) is 3.32. The third kappa shape index (κ3) is 2.69. The van der Waals surface area contributed by atoms with Crippen LogP contribution in [0.1, 0.15) is 16.7 Å². The van der Waals surface area contributed by atoms with E-state index < -0.39 is 0 Å². The van der Waals surface area contributed by atoms with Crippen molar-refractivity contribution in [2.45, 2.75) is 6.61 Å². The lowest BCUT2D eigenvalue weighted by molar-refractivity contribution is 0.282. The summed E-state index contributed by atoms with van der Waals surface area (Å²) in [7, 11) is 0. The first kappa shape index (κ1) is 10.4. The Morgan fingerprint density at radius 3 is 2.00 bits per heavy atom. The van der Waals surface area contributed by atoms with Gasteiger partial charge in [-0.3, -0.25) is 4.98 Å². The lowest BCUT2D eigenvalue weighted by Gasteiger charge is -1.94. The first-order valence-corrected chi connectivity index (χ1v) is 5.00. The van der Waals surface area contributed by atoms with E-state index in [9.17, 15) is 0 Å². The Bertz CT molecular complexity index is 506. The Balaban J connectivity index is 2.18. The van der Waals surface area contributed by atoms with Gasteiger partial charge in [0.25, 0.3) is 0 Å². The zero-order valence-electron chi connectivity index (χ0n) is 8.72. The summed E-state index contributed by atoms with van der Waals surface area (Å²) in [4.78, 5) is 3.93. The number of aliphatic hydroxyl groups is 1. The van der Waals surface area contributed by atoms with E-state index in [0.29, 0.717) is 0 Å². The standard InChI is InChI=1S/C14H11NO/c16-11-14-5-3-12(4-6-14)1-2-13-7-9-15-10-8-13/h3-10,16H,11H2. The van der Waals surface area contributed by atoms with Crippen LogP contribution in [-0.2, 0) is 6.61 Å². The zero-order chi connectivity index (χ0) is 11.2. The monoisotopic (exact) mass is 209 g/mol. The van der Waals surface area contributed by atoms with Crippen LogP contribution in [0.5, 0.6) is 0 Å². The normalized spacial score (nSPS) is 9.31. The second-order valence-corrected chi connectivity index (χ2v) is 3.34. The van der Waals surface area contributed by atoms with E-state index in [1.807, 2.05) is 36.4 Å². The van der Waals surface area contributed by atoms with Gasteiger partial charge in [0.1, 0.15) is 0 Å². The molecule has 0 atom stereocenters. The molecule has 1 N–H and O–H groups in total. The van der Waals surface area contributed by atoms with Gasteiger partial charge in [0.2, 0.25) is 0 Å². The summed E-state index contributed by atoms with van der Waals surface area (Å²) in [5.41, 5.74) is 2.78. The maximum Gasteiger partial charge on any atom is 0.0681 e.